The number of methoxy groups -OCH3 is 1. The molecular weight excluding hydrogens is 528 g/mol. The molecule has 222 valence electrons. The van der Waals surface area contributed by atoms with Crippen molar-refractivity contribution in [2.45, 2.75) is 51.6 Å². The van der Waals surface area contributed by atoms with Gasteiger partial charge in [-0.05, 0) is 62.9 Å². The van der Waals surface area contributed by atoms with Gasteiger partial charge in [0.2, 0.25) is 17.7 Å². The third kappa shape index (κ3) is 9.12. The summed E-state index contributed by atoms with van der Waals surface area (Å²) in [4.78, 5) is 53.1. The molecule has 41 heavy (non-hydrogen) atoms. The number of rotatable bonds is 8. The molecule has 0 fully saturated rings. The van der Waals surface area contributed by atoms with Gasteiger partial charge < -0.3 is 35.1 Å². The first kappa shape index (κ1) is 31.3. The predicted molar refractivity (Wildman–Crippen MR) is 153 cm³/mol. The molecule has 11 nitrogen and oxygen atoms in total. The summed E-state index contributed by atoms with van der Waals surface area (Å²) < 4.78 is 16.8. The Morgan fingerprint density at radius 2 is 1.90 bits per heavy atom. The molecular formula is C30H40N4O7. The first-order valence-electron chi connectivity index (χ1n) is 13.9. The van der Waals surface area contributed by atoms with Crippen molar-refractivity contribution in [3.8, 4) is 17.2 Å². The molecule has 4 amide bonds. The molecule has 2 aromatic rings. The van der Waals surface area contributed by atoms with Crippen LogP contribution in [0, 0.1) is 0 Å². The highest BCUT2D eigenvalue weighted by atomic mass is 16.5. The maximum Gasteiger partial charge on any atom is 0.255 e. The predicted octanol–water partition coefficient (Wildman–Crippen LogP) is 2.08. The Morgan fingerprint density at radius 1 is 1.12 bits per heavy atom. The van der Waals surface area contributed by atoms with Gasteiger partial charge >= 0.3 is 0 Å². The highest BCUT2D eigenvalue weighted by Crippen LogP contribution is 2.28. The Labute approximate surface area is 240 Å². The smallest absolute Gasteiger partial charge is 0.255 e. The maximum atomic E-state index is 13.2. The van der Waals surface area contributed by atoms with Crippen LogP contribution >= 0.6 is 0 Å². The van der Waals surface area contributed by atoms with Crippen LogP contribution in [0.25, 0.3) is 0 Å². The monoisotopic (exact) mass is 568 g/mol. The molecule has 0 unspecified atom stereocenters. The van der Waals surface area contributed by atoms with Gasteiger partial charge in [0, 0.05) is 20.0 Å². The van der Waals surface area contributed by atoms with Crippen molar-refractivity contribution in [1.82, 2.24) is 20.9 Å². The summed E-state index contributed by atoms with van der Waals surface area (Å²) in [7, 11) is 3.21. The molecule has 0 radical (unpaired) electrons. The fourth-order valence-electron chi connectivity index (χ4n) is 4.44. The summed E-state index contributed by atoms with van der Waals surface area (Å²) in [5, 5.41) is 8.31. The van der Waals surface area contributed by atoms with E-state index in [0.29, 0.717) is 43.2 Å². The minimum Gasteiger partial charge on any atom is -0.493 e. The van der Waals surface area contributed by atoms with E-state index < -0.39 is 23.9 Å². The van der Waals surface area contributed by atoms with E-state index in [-0.39, 0.29) is 43.4 Å². The number of hydrogen-bond acceptors (Lipinski definition) is 7. The SMILES string of the molecule is CCOc1ccc(CCCNC(=O)[C@@H]2CCC(=O)N[C@@H](C)C(=O)N(C)CCOc3ccccc3C(=O)N2)cc1OC. The van der Waals surface area contributed by atoms with Crippen molar-refractivity contribution in [2.24, 2.45) is 0 Å². The molecule has 1 heterocycles. The highest BCUT2D eigenvalue weighted by Gasteiger charge is 2.26. The van der Waals surface area contributed by atoms with Gasteiger partial charge in [0.1, 0.15) is 24.4 Å². The number of carbonyl (C=O) groups is 4. The lowest BCUT2D eigenvalue weighted by Gasteiger charge is -2.22. The zero-order valence-electron chi connectivity index (χ0n) is 24.2. The molecule has 3 N–H and O–H groups in total. The zero-order chi connectivity index (χ0) is 29.8. The molecule has 2 aromatic carbocycles. The second kappa shape index (κ2) is 15.5. The van der Waals surface area contributed by atoms with Crippen LogP contribution in [0.1, 0.15) is 49.0 Å². The van der Waals surface area contributed by atoms with Gasteiger partial charge in [0.05, 0.1) is 25.8 Å². The van der Waals surface area contributed by atoms with Gasteiger partial charge in [-0.15, -0.1) is 0 Å². The van der Waals surface area contributed by atoms with Crippen molar-refractivity contribution >= 4 is 23.6 Å². The van der Waals surface area contributed by atoms with Crippen LogP contribution in [0.5, 0.6) is 17.2 Å². The Bertz CT molecular complexity index is 1220. The molecule has 11 heteroatoms. The number of benzene rings is 2. The van der Waals surface area contributed by atoms with Gasteiger partial charge in [-0.25, -0.2) is 0 Å². The lowest BCUT2D eigenvalue weighted by atomic mass is 10.1. The van der Waals surface area contributed by atoms with E-state index in [9.17, 15) is 19.2 Å². The number of carbonyl (C=O) groups excluding carboxylic acids is 4. The number of likely N-dealkylation sites (N-methyl/N-ethyl adjacent to an activating group) is 1. The minimum atomic E-state index is -0.967. The second-order valence-electron chi connectivity index (χ2n) is 9.77. The van der Waals surface area contributed by atoms with Crippen LogP contribution in [-0.2, 0) is 20.8 Å². The summed E-state index contributed by atoms with van der Waals surface area (Å²) in [5.74, 6) is 0.122. The summed E-state index contributed by atoms with van der Waals surface area (Å²) in [6.07, 6.45) is 1.34. The standard InChI is InChI=1S/C30H40N4O7/c1-5-40-25-14-12-21(19-26(25)39-4)9-8-16-31-29(37)23-13-15-27(35)32-20(2)30(38)34(3)17-18-41-24-11-7-6-10-22(24)28(36)33-23/h6-7,10-12,14,19-20,23H,5,8-9,13,15-18H2,1-4H3,(H,31,37)(H,32,35)(H,33,36)/t20-,23-/m0/s1. The van der Waals surface area contributed by atoms with E-state index in [0.717, 1.165) is 5.56 Å². The van der Waals surface area contributed by atoms with Crippen molar-refractivity contribution in [3.05, 3.63) is 53.6 Å². The molecule has 1 aliphatic heterocycles. The third-order valence-electron chi connectivity index (χ3n) is 6.69. The van der Waals surface area contributed by atoms with Crippen LogP contribution < -0.4 is 30.2 Å². The molecule has 2 atom stereocenters. The minimum absolute atomic E-state index is 0.0518. The molecule has 0 bridgehead atoms. The Hall–Kier alpha value is -4.28. The molecule has 1 aliphatic rings. The van der Waals surface area contributed by atoms with Crippen LogP contribution in [0.2, 0.25) is 0 Å². The molecule has 0 aromatic heterocycles. The molecule has 0 saturated heterocycles. The number of amides is 4. The highest BCUT2D eigenvalue weighted by molar-refractivity contribution is 5.99. The van der Waals surface area contributed by atoms with Crippen molar-refractivity contribution in [3.63, 3.8) is 0 Å². The summed E-state index contributed by atoms with van der Waals surface area (Å²) in [6, 6.07) is 10.7. The van der Waals surface area contributed by atoms with Gasteiger partial charge in [0.25, 0.3) is 5.91 Å². The topological polar surface area (TPSA) is 135 Å². The average molecular weight is 569 g/mol. The summed E-state index contributed by atoms with van der Waals surface area (Å²) >= 11 is 0. The van der Waals surface area contributed by atoms with E-state index in [1.165, 1.54) is 4.90 Å². The fourth-order valence-corrected chi connectivity index (χ4v) is 4.44. The van der Waals surface area contributed by atoms with E-state index in [1.54, 1.807) is 45.3 Å². The summed E-state index contributed by atoms with van der Waals surface area (Å²) in [6.45, 7) is 4.83. The van der Waals surface area contributed by atoms with Crippen molar-refractivity contribution in [1.29, 1.82) is 0 Å². The fraction of sp³-hybridized carbons (Fsp3) is 0.467. The first-order valence-corrected chi connectivity index (χ1v) is 13.9. The number of nitrogens with one attached hydrogen (secondary N) is 3. The number of ether oxygens (including phenoxy) is 3. The Balaban J connectivity index is 1.67. The summed E-state index contributed by atoms with van der Waals surface area (Å²) in [5.41, 5.74) is 1.29. The molecule has 0 spiro atoms. The average Bonchev–Trinajstić information content (AvgIpc) is 2.97. The van der Waals surface area contributed by atoms with Crippen LogP contribution in [0.3, 0.4) is 0 Å². The van der Waals surface area contributed by atoms with Gasteiger partial charge in [-0.1, -0.05) is 18.2 Å². The number of hydrogen-bond donors (Lipinski definition) is 3. The normalized spacial score (nSPS) is 18.5. The number of fused-ring (bicyclic) bond motifs is 1. The number of aryl methyl sites for hydroxylation is 1. The van der Waals surface area contributed by atoms with Gasteiger partial charge in [-0.2, -0.15) is 0 Å². The van der Waals surface area contributed by atoms with Gasteiger partial charge in [0.15, 0.2) is 11.5 Å². The Morgan fingerprint density at radius 3 is 2.66 bits per heavy atom. The van der Waals surface area contributed by atoms with E-state index in [4.69, 9.17) is 14.2 Å². The van der Waals surface area contributed by atoms with E-state index >= 15 is 0 Å². The third-order valence-corrected chi connectivity index (χ3v) is 6.69. The Kier molecular flexibility index (Phi) is 11.8. The maximum absolute atomic E-state index is 13.2. The lowest BCUT2D eigenvalue weighted by Crippen LogP contribution is -2.48. The quantitative estimate of drug-likeness (QED) is 0.415. The largest absolute Gasteiger partial charge is 0.493 e. The zero-order valence-corrected chi connectivity index (χ0v) is 24.2. The van der Waals surface area contributed by atoms with E-state index in [1.807, 2.05) is 25.1 Å². The van der Waals surface area contributed by atoms with Crippen molar-refractivity contribution in [2.75, 3.05) is 40.5 Å². The van der Waals surface area contributed by atoms with Crippen LogP contribution in [0.4, 0.5) is 0 Å². The first-order chi connectivity index (χ1) is 19.7. The van der Waals surface area contributed by atoms with Crippen LogP contribution in [0.15, 0.2) is 42.5 Å². The second-order valence-corrected chi connectivity index (χ2v) is 9.77. The lowest BCUT2D eigenvalue weighted by molar-refractivity contribution is -0.135. The van der Waals surface area contributed by atoms with Crippen molar-refractivity contribution < 1.29 is 33.4 Å². The number of para-hydroxylation sites is 1. The molecule has 0 aliphatic carbocycles. The van der Waals surface area contributed by atoms with Crippen LogP contribution in [-0.4, -0.2) is 81.1 Å². The number of nitrogens with zero attached hydrogens (tertiary/aromatic N) is 1. The molecule has 3 rings (SSSR count). The molecule has 0 saturated carbocycles. The van der Waals surface area contributed by atoms with Gasteiger partial charge in [-0.3, -0.25) is 19.2 Å². The van der Waals surface area contributed by atoms with E-state index in [2.05, 4.69) is 16.0 Å².